The molecule has 0 atom stereocenters. The minimum Gasteiger partial charge on any atom is -0.351 e. The number of hydrogen-bond donors (Lipinski definition) is 0. The van der Waals surface area contributed by atoms with Crippen LogP contribution in [0.2, 0.25) is 0 Å². The molecule has 1 aromatic rings. The SMILES string of the molecule is Cc1noc(C(F)(F)F)c1C=O. The van der Waals surface area contributed by atoms with Crippen LogP contribution in [0.3, 0.4) is 0 Å². The van der Waals surface area contributed by atoms with Crippen LogP contribution in [-0.2, 0) is 6.18 Å². The zero-order valence-electron chi connectivity index (χ0n) is 5.97. The lowest BCUT2D eigenvalue weighted by molar-refractivity contribution is -0.155. The molecular formula is C6H4F3NO2. The van der Waals surface area contributed by atoms with Crippen molar-refractivity contribution in [2.24, 2.45) is 0 Å². The highest BCUT2D eigenvalue weighted by molar-refractivity contribution is 5.77. The molecule has 1 aromatic heterocycles. The molecule has 0 aromatic carbocycles. The predicted molar refractivity (Wildman–Crippen MR) is 31.6 cm³/mol. The maximum absolute atomic E-state index is 12.0. The lowest BCUT2D eigenvalue weighted by Gasteiger charge is -1.99. The van der Waals surface area contributed by atoms with Crippen molar-refractivity contribution in [3.63, 3.8) is 0 Å². The third kappa shape index (κ3) is 1.32. The smallest absolute Gasteiger partial charge is 0.351 e. The molecule has 66 valence electrons. The first-order valence-electron chi connectivity index (χ1n) is 2.95. The Morgan fingerprint density at radius 1 is 1.50 bits per heavy atom. The molecule has 0 radical (unpaired) electrons. The molecule has 1 rings (SSSR count). The molecule has 3 nitrogen and oxygen atoms in total. The van der Waals surface area contributed by atoms with Crippen molar-refractivity contribution in [2.45, 2.75) is 13.1 Å². The van der Waals surface area contributed by atoms with Crippen LogP contribution in [0.5, 0.6) is 0 Å². The zero-order chi connectivity index (χ0) is 9.35. The second-order valence-corrected chi connectivity index (χ2v) is 2.13. The minimum absolute atomic E-state index is 0.0580. The summed E-state index contributed by atoms with van der Waals surface area (Å²) < 4.78 is 39.8. The first kappa shape index (κ1) is 8.76. The normalized spacial score (nSPS) is 11.7. The standard InChI is InChI=1S/C6H4F3NO2/c1-3-4(2-11)5(12-10-3)6(7,8)9/h2H,1H3. The van der Waals surface area contributed by atoms with Gasteiger partial charge in [0.1, 0.15) is 0 Å². The van der Waals surface area contributed by atoms with Crippen LogP contribution >= 0.6 is 0 Å². The predicted octanol–water partition coefficient (Wildman–Crippen LogP) is 1.81. The Bertz CT molecular complexity index is 302. The summed E-state index contributed by atoms with van der Waals surface area (Å²) >= 11 is 0. The molecule has 0 N–H and O–H groups in total. The number of nitrogens with zero attached hydrogens (tertiary/aromatic N) is 1. The molecule has 0 spiro atoms. The van der Waals surface area contributed by atoms with E-state index in [-0.39, 0.29) is 12.0 Å². The Labute approximate surface area is 65.1 Å². The summed E-state index contributed by atoms with van der Waals surface area (Å²) in [4.78, 5) is 10.2. The molecular weight excluding hydrogens is 175 g/mol. The number of aryl methyl sites for hydroxylation is 1. The fourth-order valence-corrected chi connectivity index (χ4v) is 0.720. The van der Waals surface area contributed by atoms with Gasteiger partial charge in [0.05, 0.1) is 11.3 Å². The van der Waals surface area contributed by atoms with Crippen LogP contribution in [-0.4, -0.2) is 11.4 Å². The Balaban J connectivity index is 3.25. The van der Waals surface area contributed by atoms with Gasteiger partial charge in [0.25, 0.3) is 5.76 Å². The van der Waals surface area contributed by atoms with Gasteiger partial charge in [-0.3, -0.25) is 4.79 Å². The largest absolute Gasteiger partial charge is 0.453 e. The molecule has 0 saturated carbocycles. The Morgan fingerprint density at radius 3 is 2.42 bits per heavy atom. The third-order valence-electron chi connectivity index (χ3n) is 1.28. The number of halogens is 3. The van der Waals surface area contributed by atoms with Gasteiger partial charge in [0, 0.05) is 0 Å². The average molecular weight is 179 g/mol. The van der Waals surface area contributed by atoms with E-state index in [9.17, 15) is 18.0 Å². The Morgan fingerprint density at radius 2 is 2.08 bits per heavy atom. The quantitative estimate of drug-likeness (QED) is 0.617. The molecule has 0 aliphatic rings. The lowest BCUT2D eigenvalue weighted by atomic mass is 10.2. The highest BCUT2D eigenvalue weighted by Crippen LogP contribution is 2.32. The van der Waals surface area contributed by atoms with Gasteiger partial charge < -0.3 is 4.52 Å². The first-order chi connectivity index (χ1) is 5.46. The van der Waals surface area contributed by atoms with Crippen LogP contribution in [0.1, 0.15) is 21.8 Å². The van der Waals surface area contributed by atoms with E-state index in [0.29, 0.717) is 0 Å². The van der Waals surface area contributed by atoms with Crippen molar-refractivity contribution in [3.05, 3.63) is 17.0 Å². The van der Waals surface area contributed by atoms with Crippen molar-refractivity contribution in [2.75, 3.05) is 0 Å². The van der Waals surface area contributed by atoms with Crippen LogP contribution < -0.4 is 0 Å². The summed E-state index contributed by atoms with van der Waals surface area (Å²) in [6.45, 7) is 1.27. The van der Waals surface area contributed by atoms with Gasteiger partial charge in [-0.1, -0.05) is 5.16 Å². The van der Waals surface area contributed by atoms with E-state index in [1.165, 1.54) is 6.92 Å². The van der Waals surface area contributed by atoms with Gasteiger partial charge in [0.15, 0.2) is 6.29 Å². The highest BCUT2D eigenvalue weighted by Gasteiger charge is 2.39. The van der Waals surface area contributed by atoms with Crippen LogP contribution in [0.25, 0.3) is 0 Å². The zero-order valence-corrected chi connectivity index (χ0v) is 5.97. The van der Waals surface area contributed by atoms with Crippen molar-refractivity contribution in [1.29, 1.82) is 0 Å². The monoisotopic (exact) mass is 179 g/mol. The third-order valence-corrected chi connectivity index (χ3v) is 1.28. The minimum atomic E-state index is -4.66. The van der Waals surface area contributed by atoms with Crippen molar-refractivity contribution in [3.8, 4) is 0 Å². The maximum Gasteiger partial charge on any atom is 0.453 e. The Kier molecular flexibility index (Phi) is 1.91. The molecule has 0 unspecified atom stereocenters. The van der Waals surface area contributed by atoms with E-state index in [4.69, 9.17) is 0 Å². The van der Waals surface area contributed by atoms with E-state index >= 15 is 0 Å². The molecule has 1 heterocycles. The summed E-state index contributed by atoms with van der Waals surface area (Å²) in [6, 6.07) is 0. The first-order valence-corrected chi connectivity index (χ1v) is 2.95. The van der Waals surface area contributed by atoms with Crippen LogP contribution in [0.4, 0.5) is 13.2 Å². The van der Waals surface area contributed by atoms with E-state index in [0.717, 1.165) is 0 Å². The second-order valence-electron chi connectivity index (χ2n) is 2.13. The van der Waals surface area contributed by atoms with E-state index in [2.05, 4.69) is 9.68 Å². The van der Waals surface area contributed by atoms with Crippen molar-refractivity contribution < 1.29 is 22.5 Å². The maximum atomic E-state index is 12.0. The number of rotatable bonds is 1. The summed E-state index contributed by atoms with van der Waals surface area (Å²) in [6.07, 6.45) is -4.58. The number of hydrogen-bond acceptors (Lipinski definition) is 3. The summed E-state index contributed by atoms with van der Waals surface area (Å²) in [5, 5.41) is 3.03. The fraction of sp³-hybridized carbons (Fsp3) is 0.333. The molecule has 12 heavy (non-hydrogen) atoms. The molecule has 0 bridgehead atoms. The number of carbonyl (C=O) groups excluding carboxylic acids is 1. The van der Waals surface area contributed by atoms with Gasteiger partial charge in [0.2, 0.25) is 0 Å². The topological polar surface area (TPSA) is 43.1 Å². The van der Waals surface area contributed by atoms with Gasteiger partial charge in [-0.2, -0.15) is 13.2 Å². The Hall–Kier alpha value is -1.33. The summed E-state index contributed by atoms with van der Waals surface area (Å²) in [7, 11) is 0. The van der Waals surface area contributed by atoms with Crippen molar-refractivity contribution in [1.82, 2.24) is 5.16 Å². The van der Waals surface area contributed by atoms with E-state index < -0.39 is 17.5 Å². The molecule has 0 saturated heterocycles. The molecule has 0 fully saturated rings. The number of alkyl halides is 3. The summed E-state index contributed by atoms with van der Waals surface area (Å²) in [5.41, 5.74) is -0.597. The van der Waals surface area contributed by atoms with Crippen molar-refractivity contribution >= 4 is 6.29 Å². The van der Waals surface area contributed by atoms with Gasteiger partial charge in [-0.05, 0) is 6.92 Å². The molecule has 6 heteroatoms. The van der Waals surface area contributed by atoms with Gasteiger partial charge >= 0.3 is 6.18 Å². The van der Waals surface area contributed by atoms with Gasteiger partial charge in [-0.25, -0.2) is 0 Å². The highest BCUT2D eigenvalue weighted by atomic mass is 19.4. The van der Waals surface area contributed by atoms with Gasteiger partial charge in [-0.15, -0.1) is 0 Å². The number of carbonyl (C=O) groups is 1. The molecule has 0 aliphatic heterocycles. The number of aldehydes is 1. The molecule has 0 aliphatic carbocycles. The van der Waals surface area contributed by atoms with E-state index in [1.807, 2.05) is 0 Å². The summed E-state index contributed by atoms with van der Waals surface area (Å²) in [5.74, 6) is -1.34. The number of aromatic nitrogens is 1. The fourth-order valence-electron chi connectivity index (χ4n) is 0.720. The van der Waals surface area contributed by atoms with Crippen LogP contribution in [0.15, 0.2) is 4.52 Å². The van der Waals surface area contributed by atoms with Crippen LogP contribution in [0, 0.1) is 6.92 Å². The van der Waals surface area contributed by atoms with E-state index in [1.54, 1.807) is 0 Å². The second kappa shape index (κ2) is 2.62. The molecule has 0 amide bonds. The lowest BCUT2D eigenvalue weighted by Crippen LogP contribution is -2.06. The average Bonchev–Trinajstić information content (AvgIpc) is 2.29.